The van der Waals surface area contributed by atoms with E-state index in [0.717, 1.165) is 30.8 Å². The first kappa shape index (κ1) is 20.7. The minimum atomic E-state index is -0.262. The standard InChI is InChI=1S/C21H24FN5O2S/c1-13-6-7-16(10-19(13)22)27-14(2)9-18(15(27)3)20(28)12-30-21-23-24-25-26(21)11-17-5-4-8-29-17/h6-7,9-10,17H,4-5,8,11-12H2,1-3H3/t17-/m0/s1. The van der Waals surface area contributed by atoms with Gasteiger partial charge in [0.05, 0.1) is 18.4 Å². The van der Waals surface area contributed by atoms with Crippen molar-refractivity contribution in [2.45, 2.75) is 51.4 Å². The Hall–Kier alpha value is -2.52. The molecule has 3 aromatic rings. The lowest BCUT2D eigenvalue weighted by molar-refractivity contribution is 0.0912. The van der Waals surface area contributed by atoms with E-state index in [4.69, 9.17) is 4.74 Å². The van der Waals surface area contributed by atoms with Crippen molar-refractivity contribution in [3.05, 3.63) is 52.6 Å². The Morgan fingerprint density at radius 3 is 2.87 bits per heavy atom. The number of ether oxygens (including phenoxy) is 1. The second-order valence-electron chi connectivity index (χ2n) is 7.54. The van der Waals surface area contributed by atoms with Crippen LogP contribution in [0.5, 0.6) is 0 Å². The second kappa shape index (κ2) is 8.69. The molecule has 0 N–H and O–H groups in total. The van der Waals surface area contributed by atoms with Crippen LogP contribution in [0.15, 0.2) is 29.4 Å². The highest BCUT2D eigenvalue weighted by atomic mass is 32.2. The van der Waals surface area contributed by atoms with Crippen LogP contribution in [0.4, 0.5) is 4.39 Å². The van der Waals surface area contributed by atoms with E-state index in [2.05, 4.69) is 15.5 Å². The molecular weight excluding hydrogens is 405 g/mol. The van der Waals surface area contributed by atoms with Gasteiger partial charge in [-0.25, -0.2) is 9.07 Å². The number of tetrazole rings is 1. The molecule has 0 bridgehead atoms. The number of nitrogens with zero attached hydrogens (tertiary/aromatic N) is 5. The Morgan fingerprint density at radius 2 is 2.13 bits per heavy atom. The first-order valence-electron chi connectivity index (χ1n) is 9.93. The van der Waals surface area contributed by atoms with Crippen LogP contribution < -0.4 is 0 Å². The third kappa shape index (κ3) is 4.17. The van der Waals surface area contributed by atoms with Crippen molar-refractivity contribution >= 4 is 17.5 Å². The minimum Gasteiger partial charge on any atom is -0.376 e. The van der Waals surface area contributed by atoms with Gasteiger partial charge in [-0.1, -0.05) is 17.8 Å². The zero-order valence-corrected chi connectivity index (χ0v) is 18.1. The van der Waals surface area contributed by atoms with Gasteiger partial charge in [-0.15, -0.1) is 5.10 Å². The van der Waals surface area contributed by atoms with Gasteiger partial charge in [0.1, 0.15) is 5.82 Å². The van der Waals surface area contributed by atoms with Gasteiger partial charge in [0, 0.05) is 29.2 Å². The van der Waals surface area contributed by atoms with Crippen molar-refractivity contribution in [1.82, 2.24) is 24.8 Å². The lowest BCUT2D eigenvalue weighted by Crippen LogP contribution is -2.17. The molecule has 0 aliphatic carbocycles. The number of Topliss-reactive ketones (excluding diaryl/α,β-unsaturated/α-hetero) is 1. The van der Waals surface area contributed by atoms with E-state index >= 15 is 0 Å². The van der Waals surface area contributed by atoms with Crippen molar-refractivity contribution < 1.29 is 13.9 Å². The van der Waals surface area contributed by atoms with Crippen LogP contribution >= 0.6 is 11.8 Å². The van der Waals surface area contributed by atoms with E-state index in [-0.39, 0.29) is 23.5 Å². The maximum absolute atomic E-state index is 14.0. The quantitative estimate of drug-likeness (QED) is 0.421. The van der Waals surface area contributed by atoms with Gasteiger partial charge in [-0.2, -0.15) is 0 Å². The summed E-state index contributed by atoms with van der Waals surface area (Å²) in [6.07, 6.45) is 2.17. The SMILES string of the molecule is Cc1ccc(-n2c(C)cc(C(=O)CSc3nnnn3C[C@@H]3CCCO3)c2C)cc1F. The molecule has 0 amide bonds. The lowest BCUT2D eigenvalue weighted by atomic mass is 10.2. The lowest BCUT2D eigenvalue weighted by Gasteiger charge is -2.11. The average Bonchev–Trinajstić information content (AvgIpc) is 3.44. The van der Waals surface area contributed by atoms with Crippen LogP contribution in [0.3, 0.4) is 0 Å². The van der Waals surface area contributed by atoms with E-state index < -0.39 is 0 Å². The molecule has 4 rings (SSSR count). The highest BCUT2D eigenvalue weighted by Crippen LogP contribution is 2.25. The number of aromatic nitrogens is 5. The molecule has 1 saturated heterocycles. The predicted molar refractivity (Wildman–Crippen MR) is 112 cm³/mol. The van der Waals surface area contributed by atoms with Crippen LogP contribution in [0, 0.1) is 26.6 Å². The average molecular weight is 430 g/mol. The number of benzene rings is 1. The third-order valence-corrected chi connectivity index (χ3v) is 6.33. The molecule has 1 fully saturated rings. The monoisotopic (exact) mass is 429 g/mol. The Bertz CT molecular complexity index is 1070. The Balaban J connectivity index is 1.48. The summed E-state index contributed by atoms with van der Waals surface area (Å²) in [4.78, 5) is 12.9. The molecule has 9 heteroatoms. The fourth-order valence-corrected chi connectivity index (χ4v) is 4.54. The normalized spacial score (nSPS) is 16.3. The summed E-state index contributed by atoms with van der Waals surface area (Å²) in [6.45, 7) is 6.89. The molecule has 1 aliphatic heterocycles. The van der Waals surface area contributed by atoms with Gasteiger partial charge in [0.15, 0.2) is 5.78 Å². The van der Waals surface area contributed by atoms with Crippen LogP contribution in [0.25, 0.3) is 5.69 Å². The van der Waals surface area contributed by atoms with Crippen molar-refractivity contribution in [2.75, 3.05) is 12.4 Å². The topological polar surface area (TPSA) is 74.8 Å². The maximum atomic E-state index is 14.0. The molecule has 158 valence electrons. The smallest absolute Gasteiger partial charge is 0.209 e. The molecule has 2 aromatic heterocycles. The zero-order valence-electron chi connectivity index (χ0n) is 17.3. The molecule has 1 aliphatic rings. The highest BCUT2D eigenvalue weighted by Gasteiger charge is 2.21. The van der Waals surface area contributed by atoms with E-state index in [9.17, 15) is 9.18 Å². The molecule has 3 heterocycles. The Morgan fingerprint density at radius 1 is 1.30 bits per heavy atom. The predicted octanol–water partition coefficient (Wildman–Crippen LogP) is 3.68. The van der Waals surface area contributed by atoms with Gasteiger partial charge >= 0.3 is 0 Å². The van der Waals surface area contributed by atoms with E-state index in [0.29, 0.717) is 28.5 Å². The number of hydrogen-bond donors (Lipinski definition) is 0. The molecular formula is C21H24FN5O2S. The van der Waals surface area contributed by atoms with Crippen molar-refractivity contribution in [1.29, 1.82) is 0 Å². The second-order valence-corrected chi connectivity index (χ2v) is 8.49. The molecule has 0 spiro atoms. The van der Waals surface area contributed by atoms with Crippen LogP contribution in [0.2, 0.25) is 0 Å². The number of carbonyl (C=O) groups is 1. The fraction of sp³-hybridized carbons (Fsp3) is 0.429. The van der Waals surface area contributed by atoms with Crippen molar-refractivity contribution in [3.8, 4) is 5.69 Å². The fourth-order valence-electron chi connectivity index (χ4n) is 3.77. The van der Waals surface area contributed by atoms with Crippen LogP contribution in [-0.4, -0.2) is 49.0 Å². The molecule has 0 unspecified atom stereocenters. The molecule has 1 aromatic carbocycles. The maximum Gasteiger partial charge on any atom is 0.209 e. The van der Waals surface area contributed by atoms with E-state index in [1.807, 2.05) is 30.5 Å². The number of thioether (sulfide) groups is 1. The summed E-state index contributed by atoms with van der Waals surface area (Å²) < 4.78 is 23.3. The first-order chi connectivity index (χ1) is 14.4. The number of aryl methyl sites for hydroxylation is 2. The number of hydrogen-bond acceptors (Lipinski definition) is 6. The largest absolute Gasteiger partial charge is 0.376 e. The van der Waals surface area contributed by atoms with Crippen LogP contribution in [-0.2, 0) is 11.3 Å². The summed E-state index contributed by atoms with van der Waals surface area (Å²) in [5.74, 6) is -0.0570. The van der Waals surface area contributed by atoms with Gasteiger partial charge in [-0.3, -0.25) is 4.79 Å². The minimum absolute atomic E-state index is 0.0152. The first-order valence-corrected chi connectivity index (χ1v) is 10.9. The summed E-state index contributed by atoms with van der Waals surface area (Å²) in [5.41, 5.74) is 3.60. The van der Waals surface area contributed by atoms with Gasteiger partial charge in [0.2, 0.25) is 5.16 Å². The van der Waals surface area contributed by atoms with E-state index in [1.54, 1.807) is 17.7 Å². The Labute approximate surface area is 178 Å². The van der Waals surface area contributed by atoms with E-state index in [1.165, 1.54) is 17.8 Å². The summed E-state index contributed by atoms with van der Waals surface area (Å²) >= 11 is 1.32. The van der Waals surface area contributed by atoms with Gasteiger partial charge in [0.25, 0.3) is 0 Å². The molecule has 30 heavy (non-hydrogen) atoms. The zero-order chi connectivity index (χ0) is 21.3. The summed E-state index contributed by atoms with van der Waals surface area (Å²) in [5, 5.41) is 12.4. The highest BCUT2D eigenvalue weighted by molar-refractivity contribution is 7.99. The van der Waals surface area contributed by atoms with Crippen LogP contribution in [0.1, 0.15) is 40.2 Å². The van der Waals surface area contributed by atoms with Gasteiger partial charge in [-0.05, 0) is 67.8 Å². The molecule has 0 radical (unpaired) electrons. The van der Waals surface area contributed by atoms with Gasteiger partial charge < -0.3 is 9.30 Å². The number of rotatable bonds is 7. The third-order valence-electron chi connectivity index (χ3n) is 5.38. The summed E-state index contributed by atoms with van der Waals surface area (Å²) in [7, 11) is 0. The molecule has 0 saturated carbocycles. The number of halogens is 1. The summed E-state index contributed by atoms with van der Waals surface area (Å²) in [6, 6.07) is 6.96. The molecule has 1 atom stereocenters. The Kier molecular flexibility index (Phi) is 6.01. The molecule has 7 nitrogen and oxygen atoms in total. The van der Waals surface area contributed by atoms with Crippen molar-refractivity contribution in [3.63, 3.8) is 0 Å². The number of carbonyl (C=O) groups excluding carboxylic acids is 1. The van der Waals surface area contributed by atoms with Crippen molar-refractivity contribution in [2.24, 2.45) is 0 Å². The number of ketones is 1.